The molecule has 0 aromatic heterocycles. The number of carbonyl (C=O) groups excluding carboxylic acids is 1. The van der Waals surface area contributed by atoms with Crippen LogP contribution in [-0.4, -0.2) is 6.03 Å². The van der Waals surface area contributed by atoms with Crippen molar-refractivity contribution >= 4 is 29.0 Å². The Kier molecular flexibility index (Phi) is 4.56. The quantitative estimate of drug-likeness (QED) is 0.734. The Morgan fingerprint density at radius 2 is 1.50 bits per heavy atom. The molecular weight excluding hydrogens is 324 g/mol. The third kappa shape index (κ3) is 4.11. The molecule has 3 nitrogen and oxygen atoms in total. The molecule has 0 unspecified atom stereocenters. The Balaban J connectivity index is 2.10. The second-order valence-corrected chi connectivity index (χ2v) is 4.69. The van der Waals surface area contributed by atoms with E-state index in [4.69, 9.17) is 11.6 Å². The molecule has 0 saturated carbocycles. The number of rotatable bonds is 2. The topological polar surface area (TPSA) is 41.1 Å². The summed E-state index contributed by atoms with van der Waals surface area (Å²) in [5.74, 6) is -0.474. The van der Waals surface area contributed by atoms with E-state index in [1.54, 1.807) is 0 Å². The van der Waals surface area contributed by atoms with E-state index in [-0.39, 0.29) is 5.69 Å². The zero-order valence-corrected chi connectivity index (χ0v) is 11.6. The molecule has 0 atom stereocenters. The minimum absolute atomic E-state index is 0.0728. The van der Waals surface area contributed by atoms with Gasteiger partial charge in [-0.3, -0.25) is 0 Å². The summed E-state index contributed by atoms with van der Waals surface area (Å²) in [6.45, 7) is 0. The SMILES string of the molecule is O=C(Nc1ccc(F)cc1)Nc1ccc(Cl)c(C(F)(F)F)c1. The van der Waals surface area contributed by atoms with Crippen LogP contribution in [0.25, 0.3) is 0 Å². The third-order valence-electron chi connectivity index (χ3n) is 2.63. The maximum atomic E-state index is 12.7. The predicted molar refractivity (Wildman–Crippen MR) is 75.5 cm³/mol. The summed E-state index contributed by atoms with van der Waals surface area (Å²) in [5.41, 5.74) is -0.825. The normalized spacial score (nSPS) is 11.1. The monoisotopic (exact) mass is 332 g/mol. The lowest BCUT2D eigenvalue weighted by atomic mass is 10.2. The summed E-state index contributed by atoms with van der Waals surface area (Å²) in [4.78, 5) is 11.7. The van der Waals surface area contributed by atoms with Gasteiger partial charge in [-0.1, -0.05) is 11.6 Å². The Morgan fingerprint density at radius 3 is 2.09 bits per heavy atom. The molecule has 22 heavy (non-hydrogen) atoms. The largest absolute Gasteiger partial charge is 0.417 e. The number of benzene rings is 2. The first kappa shape index (κ1) is 16.1. The van der Waals surface area contributed by atoms with E-state index >= 15 is 0 Å². The molecule has 2 aromatic rings. The number of hydrogen-bond donors (Lipinski definition) is 2. The van der Waals surface area contributed by atoms with Crippen LogP contribution in [0.1, 0.15) is 5.56 Å². The van der Waals surface area contributed by atoms with Crippen molar-refractivity contribution in [3.8, 4) is 0 Å². The summed E-state index contributed by atoms with van der Waals surface area (Å²) in [7, 11) is 0. The average molecular weight is 333 g/mol. The first-order valence-electron chi connectivity index (χ1n) is 5.96. The Labute approximate surface area is 127 Å². The minimum atomic E-state index is -4.62. The molecule has 0 fully saturated rings. The van der Waals surface area contributed by atoms with Gasteiger partial charge in [-0.15, -0.1) is 0 Å². The van der Waals surface area contributed by atoms with Gasteiger partial charge in [-0.25, -0.2) is 9.18 Å². The standard InChI is InChI=1S/C14H9ClF4N2O/c15-12-6-5-10(7-11(12)14(17,18)19)21-13(22)20-9-3-1-8(16)2-4-9/h1-7H,(H2,20,21,22). The molecule has 2 N–H and O–H groups in total. The van der Waals surface area contributed by atoms with E-state index < -0.39 is 28.6 Å². The molecule has 8 heteroatoms. The van der Waals surface area contributed by atoms with Crippen LogP contribution < -0.4 is 10.6 Å². The molecule has 0 radical (unpaired) electrons. The molecular formula is C14H9ClF4N2O. The van der Waals surface area contributed by atoms with Crippen molar-refractivity contribution in [2.24, 2.45) is 0 Å². The van der Waals surface area contributed by atoms with Crippen LogP contribution in [0.15, 0.2) is 42.5 Å². The number of amides is 2. The number of urea groups is 1. The molecule has 0 aliphatic rings. The van der Waals surface area contributed by atoms with Crippen LogP contribution in [0.5, 0.6) is 0 Å². The van der Waals surface area contributed by atoms with Crippen molar-refractivity contribution in [1.82, 2.24) is 0 Å². The first-order valence-corrected chi connectivity index (χ1v) is 6.34. The van der Waals surface area contributed by atoms with E-state index in [2.05, 4.69) is 10.6 Å². The zero-order valence-electron chi connectivity index (χ0n) is 10.8. The number of nitrogens with one attached hydrogen (secondary N) is 2. The highest BCUT2D eigenvalue weighted by atomic mass is 35.5. The predicted octanol–water partition coefficient (Wildman–Crippen LogP) is 5.14. The summed E-state index contributed by atoms with van der Waals surface area (Å²) in [6.07, 6.45) is -4.62. The first-order chi connectivity index (χ1) is 10.3. The molecule has 0 aliphatic heterocycles. The van der Waals surface area contributed by atoms with Crippen LogP contribution in [0.2, 0.25) is 5.02 Å². The lowest BCUT2D eigenvalue weighted by Crippen LogP contribution is -2.19. The zero-order chi connectivity index (χ0) is 16.3. The van der Waals surface area contributed by atoms with Gasteiger partial charge < -0.3 is 10.6 Å². The highest BCUT2D eigenvalue weighted by Gasteiger charge is 2.33. The van der Waals surface area contributed by atoms with Gasteiger partial charge in [0.1, 0.15) is 5.82 Å². The van der Waals surface area contributed by atoms with Crippen molar-refractivity contribution in [3.63, 3.8) is 0 Å². The van der Waals surface area contributed by atoms with Gasteiger partial charge in [0, 0.05) is 11.4 Å². The molecule has 0 bridgehead atoms. The van der Waals surface area contributed by atoms with Gasteiger partial charge in [0.05, 0.1) is 10.6 Å². The van der Waals surface area contributed by atoms with Crippen LogP contribution in [0.3, 0.4) is 0 Å². The van der Waals surface area contributed by atoms with Crippen LogP contribution >= 0.6 is 11.6 Å². The smallest absolute Gasteiger partial charge is 0.308 e. The van der Waals surface area contributed by atoms with E-state index in [1.165, 1.54) is 18.2 Å². The van der Waals surface area contributed by atoms with Gasteiger partial charge in [0.2, 0.25) is 0 Å². The van der Waals surface area contributed by atoms with Gasteiger partial charge >= 0.3 is 12.2 Å². The molecule has 0 saturated heterocycles. The van der Waals surface area contributed by atoms with Gasteiger partial charge in [-0.05, 0) is 42.5 Å². The van der Waals surface area contributed by atoms with E-state index in [9.17, 15) is 22.4 Å². The third-order valence-corrected chi connectivity index (χ3v) is 2.96. The van der Waals surface area contributed by atoms with Gasteiger partial charge in [-0.2, -0.15) is 13.2 Å². The molecule has 0 spiro atoms. The Bertz CT molecular complexity index is 686. The molecule has 0 aliphatic carbocycles. The van der Waals surface area contributed by atoms with Crippen LogP contribution in [0, 0.1) is 5.82 Å². The van der Waals surface area contributed by atoms with Crippen molar-refractivity contribution in [1.29, 1.82) is 0 Å². The fourth-order valence-corrected chi connectivity index (χ4v) is 1.87. The Hall–Kier alpha value is -2.28. The lowest BCUT2D eigenvalue weighted by Gasteiger charge is -2.12. The second kappa shape index (κ2) is 6.23. The van der Waals surface area contributed by atoms with Crippen molar-refractivity contribution < 1.29 is 22.4 Å². The minimum Gasteiger partial charge on any atom is -0.308 e. The highest BCUT2D eigenvalue weighted by molar-refractivity contribution is 6.31. The van der Waals surface area contributed by atoms with E-state index in [1.807, 2.05) is 0 Å². The van der Waals surface area contributed by atoms with Gasteiger partial charge in [0.25, 0.3) is 0 Å². The number of halogens is 5. The van der Waals surface area contributed by atoms with Crippen molar-refractivity contribution in [2.75, 3.05) is 10.6 Å². The van der Waals surface area contributed by atoms with Crippen molar-refractivity contribution in [2.45, 2.75) is 6.18 Å². The maximum absolute atomic E-state index is 12.7. The second-order valence-electron chi connectivity index (χ2n) is 4.28. The fraction of sp³-hybridized carbons (Fsp3) is 0.0714. The van der Waals surface area contributed by atoms with E-state index in [0.29, 0.717) is 5.69 Å². The highest BCUT2D eigenvalue weighted by Crippen LogP contribution is 2.36. The summed E-state index contributed by atoms with van der Waals surface area (Å²) in [5, 5.41) is 4.14. The lowest BCUT2D eigenvalue weighted by molar-refractivity contribution is -0.137. The number of carbonyl (C=O) groups is 1. The summed E-state index contributed by atoms with van der Waals surface area (Å²) >= 11 is 5.48. The summed E-state index contributed by atoms with van der Waals surface area (Å²) < 4.78 is 50.8. The maximum Gasteiger partial charge on any atom is 0.417 e. The number of hydrogen-bond acceptors (Lipinski definition) is 1. The molecule has 2 aromatic carbocycles. The molecule has 2 rings (SSSR count). The average Bonchev–Trinajstić information content (AvgIpc) is 2.42. The van der Waals surface area contributed by atoms with E-state index in [0.717, 1.165) is 24.3 Å². The van der Waals surface area contributed by atoms with Crippen LogP contribution in [-0.2, 0) is 6.18 Å². The summed E-state index contributed by atoms with van der Waals surface area (Å²) in [6, 6.07) is 7.16. The van der Waals surface area contributed by atoms with Crippen molar-refractivity contribution in [3.05, 3.63) is 58.9 Å². The van der Waals surface area contributed by atoms with Gasteiger partial charge in [0.15, 0.2) is 0 Å². The number of alkyl halides is 3. The number of anilines is 2. The molecule has 0 heterocycles. The Morgan fingerprint density at radius 1 is 0.955 bits per heavy atom. The molecule has 2 amide bonds. The fourth-order valence-electron chi connectivity index (χ4n) is 1.65. The molecule has 116 valence electrons. The van der Waals surface area contributed by atoms with Crippen LogP contribution in [0.4, 0.5) is 33.7 Å².